The monoisotopic (exact) mass is 338 g/mol. The van der Waals surface area contributed by atoms with Crippen molar-refractivity contribution < 1.29 is 14.7 Å². The molecule has 0 saturated heterocycles. The van der Waals surface area contributed by atoms with Crippen molar-refractivity contribution in [2.75, 3.05) is 12.3 Å². The number of anilines is 1. The van der Waals surface area contributed by atoms with Crippen molar-refractivity contribution in [2.24, 2.45) is 5.92 Å². The minimum atomic E-state index is -0.950. The lowest BCUT2D eigenvalue weighted by molar-refractivity contribution is -0.144. The molecule has 0 fully saturated rings. The van der Waals surface area contributed by atoms with Gasteiger partial charge in [-0.05, 0) is 41.7 Å². The lowest BCUT2D eigenvalue weighted by atomic mass is 9.94. The number of rotatable bonds is 5. The third kappa shape index (κ3) is 4.18. The van der Waals surface area contributed by atoms with Gasteiger partial charge in [-0.2, -0.15) is 0 Å². The van der Waals surface area contributed by atoms with Crippen molar-refractivity contribution in [1.82, 2.24) is 4.90 Å². The summed E-state index contributed by atoms with van der Waals surface area (Å²) in [6, 6.07) is 15.6. The third-order valence-corrected chi connectivity index (χ3v) is 4.65. The van der Waals surface area contributed by atoms with Crippen LogP contribution in [0.15, 0.2) is 48.5 Å². The van der Waals surface area contributed by atoms with Gasteiger partial charge in [-0.1, -0.05) is 36.4 Å². The van der Waals surface area contributed by atoms with Crippen molar-refractivity contribution in [2.45, 2.75) is 25.8 Å². The van der Waals surface area contributed by atoms with E-state index in [0.29, 0.717) is 25.2 Å². The number of carboxylic acid groups (broad SMARTS) is 1. The normalized spacial score (nSPS) is 17.0. The molecule has 3 N–H and O–H groups in total. The molecule has 3 rings (SSSR count). The molecule has 1 unspecified atom stereocenters. The quantitative estimate of drug-likeness (QED) is 0.821. The SMILES string of the molecule is Nc1ccc2c(c1)CC(CC(=O)O)C(=O)N(CCc1ccccc1)C2. The number of nitrogens with two attached hydrogens (primary N) is 1. The summed E-state index contributed by atoms with van der Waals surface area (Å²) in [4.78, 5) is 25.9. The molecule has 0 bridgehead atoms. The second-order valence-corrected chi connectivity index (χ2v) is 6.52. The number of amides is 1. The average molecular weight is 338 g/mol. The summed E-state index contributed by atoms with van der Waals surface area (Å²) in [6.45, 7) is 1.07. The Morgan fingerprint density at radius 1 is 1.16 bits per heavy atom. The topological polar surface area (TPSA) is 83.6 Å². The second-order valence-electron chi connectivity index (χ2n) is 6.52. The van der Waals surface area contributed by atoms with Crippen LogP contribution in [0.25, 0.3) is 0 Å². The standard InChI is InChI=1S/C20H22N2O3/c21-18-7-6-15-13-22(9-8-14-4-2-1-3-5-14)20(25)17(12-19(23)24)10-16(15)11-18/h1-7,11,17H,8-10,12-13,21H2,(H,23,24). The van der Waals surface area contributed by atoms with E-state index in [0.717, 1.165) is 23.1 Å². The first kappa shape index (κ1) is 17.0. The van der Waals surface area contributed by atoms with Gasteiger partial charge in [0.1, 0.15) is 0 Å². The van der Waals surface area contributed by atoms with Gasteiger partial charge >= 0.3 is 5.97 Å². The molecular weight excluding hydrogens is 316 g/mol. The summed E-state index contributed by atoms with van der Waals surface area (Å²) < 4.78 is 0. The maximum absolute atomic E-state index is 12.9. The summed E-state index contributed by atoms with van der Waals surface area (Å²) in [5.74, 6) is -1.59. The average Bonchev–Trinajstić information content (AvgIpc) is 2.71. The van der Waals surface area contributed by atoms with E-state index in [4.69, 9.17) is 5.73 Å². The lowest BCUT2D eigenvalue weighted by Crippen LogP contribution is -2.37. The molecule has 5 heteroatoms. The molecule has 1 aliphatic heterocycles. The highest BCUT2D eigenvalue weighted by Gasteiger charge is 2.31. The minimum absolute atomic E-state index is 0.0897. The maximum atomic E-state index is 12.9. The van der Waals surface area contributed by atoms with E-state index in [1.807, 2.05) is 48.5 Å². The smallest absolute Gasteiger partial charge is 0.304 e. The van der Waals surface area contributed by atoms with E-state index >= 15 is 0 Å². The Hall–Kier alpha value is -2.82. The Morgan fingerprint density at radius 2 is 1.92 bits per heavy atom. The van der Waals surface area contributed by atoms with Gasteiger partial charge in [0, 0.05) is 18.8 Å². The summed E-state index contributed by atoms with van der Waals surface area (Å²) in [5.41, 5.74) is 9.68. The molecule has 2 aromatic rings. The third-order valence-electron chi connectivity index (χ3n) is 4.65. The number of carbonyl (C=O) groups is 2. The number of nitrogens with zero attached hydrogens (tertiary/aromatic N) is 1. The van der Waals surface area contributed by atoms with Crippen LogP contribution in [0.5, 0.6) is 0 Å². The fourth-order valence-electron chi connectivity index (χ4n) is 3.35. The molecule has 130 valence electrons. The van der Waals surface area contributed by atoms with Crippen LogP contribution in [-0.4, -0.2) is 28.4 Å². The molecule has 0 spiro atoms. The molecule has 25 heavy (non-hydrogen) atoms. The molecule has 0 aliphatic carbocycles. The molecule has 2 aromatic carbocycles. The van der Waals surface area contributed by atoms with Crippen molar-refractivity contribution >= 4 is 17.6 Å². The van der Waals surface area contributed by atoms with Gasteiger partial charge in [0.15, 0.2) is 0 Å². The van der Waals surface area contributed by atoms with Gasteiger partial charge in [-0.25, -0.2) is 0 Å². The summed E-state index contributed by atoms with van der Waals surface area (Å²) in [7, 11) is 0. The van der Waals surface area contributed by atoms with Crippen LogP contribution in [-0.2, 0) is 29.0 Å². The fraction of sp³-hybridized carbons (Fsp3) is 0.300. The molecular formula is C20H22N2O3. The predicted octanol–water partition coefficient (Wildman–Crippen LogP) is 2.49. The van der Waals surface area contributed by atoms with E-state index in [9.17, 15) is 14.7 Å². The van der Waals surface area contributed by atoms with E-state index in [1.165, 1.54) is 0 Å². The number of fused-ring (bicyclic) bond motifs is 1. The second kappa shape index (κ2) is 7.38. The van der Waals surface area contributed by atoms with E-state index in [2.05, 4.69) is 0 Å². The van der Waals surface area contributed by atoms with Crippen LogP contribution in [0.4, 0.5) is 5.69 Å². The summed E-state index contributed by atoms with van der Waals surface area (Å²) in [6.07, 6.45) is 1.01. The van der Waals surface area contributed by atoms with Crippen molar-refractivity contribution in [3.05, 3.63) is 65.2 Å². The Labute approximate surface area is 147 Å². The number of hydrogen-bond donors (Lipinski definition) is 2. The van der Waals surface area contributed by atoms with Crippen LogP contribution in [0.3, 0.4) is 0 Å². The number of carbonyl (C=O) groups excluding carboxylic acids is 1. The molecule has 0 aromatic heterocycles. The van der Waals surface area contributed by atoms with Crippen LogP contribution >= 0.6 is 0 Å². The van der Waals surface area contributed by atoms with E-state index in [-0.39, 0.29) is 12.3 Å². The van der Waals surface area contributed by atoms with Gasteiger partial charge < -0.3 is 15.7 Å². The Kier molecular flexibility index (Phi) is 5.03. The molecule has 1 amide bonds. The lowest BCUT2D eigenvalue weighted by Gasteiger charge is -2.24. The minimum Gasteiger partial charge on any atom is -0.481 e. The van der Waals surface area contributed by atoms with Crippen LogP contribution < -0.4 is 5.73 Å². The predicted molar refractivity (Wildman–Crippen MR) is 95.9 cm³/mol. The molecule has 1 aliphatic rings. The van der Waals surface area contributed by atoms with Crippen LogP contribution in [0, 0.1) is 5.92 Å². The van der Waals surface area contributed by atoms with Gasteiger partial charge in [0.05, 0.1) is 12.3 Å². The van der Waals surface area contributed by atoms with Gasteiger partial charge in [0.25, 0.3) is 0 Å². The molecule has 0 radical (unpaired) electrons. The Balaban J connectivity index is 1.84. The molecule has 0 saturated carbocycles. The number of benzene rings is 2. The zero-order valence-electron chi connectivity index (χ0n) is 14.0. The number of aliphatic carboxylic acids is 1. The zero-order valence-corrected chi connectivity index (χ0v) is 14.0. The molecule has 1 atom stereocenters. The van der Waals surface area contributed by atoms with Gasteiger partial charge in [-0.3, -0.25) is 9.59 Å². The summed E-state index contributed by atoms with van der Waals surface area (Å²) >= 11 is 0. The van der Waals surface area contributed by atoms with Crippen LogP contribution in [0.2, 0.25) is 0 Å². The van der Waals surface area contributed by atoms with Crippen molar-refractivity contribution in [3.63, 3.8) is 0 Å². The number of hydrogen-bond acceptors (Lipinski definition) is 3. The van der Waals surface area contributed by atoms with Gasteiger partial charge in [0.2, 0.25) is 5.91 Å². The zero-order chi connectivity index (χ0) is 17.8. The first-order valence-corrected chi connectivity index (χ1v) is 8.44. The number of nitrogen functional groups attached to an aromatic ring is 1. The molecule has 1 heterocycles. The highest BCUT2D eigenvalue weighted by atomic mass is 16.4. The first-order valence-electron chi connectivity index (χ1n) is 8.44. The fourth-order valence-corrected chi connectivity index (χ4v) is 3.35. The van der Waals surface area contributed by atoms with Gasteiger partial charge in [-0.15, -0.1) is 0 Å². The Morgan fingerprint density at radius 3 is 2.64 bits per heavy atom. The maximum Gasteiger partial charge on any atom is 0.304 e. The highest BCUT2D eigenvalue weighted by molar-refractivity contribution is 5.84. The first-order chi connectivity index (χ1) is 12.0. The van der Waals surface area contributed by atoms with Crippen LogP contribution in [0.1, 0.15) is 23.1 Å². The largest absolute Gasteiger partial charge is 0.481 e. The van der Waals surface area contributed by atoms with Crippen molar-refractivity contribution in [3.8, 4) is 0 Å². The van der Waals surface area contributed by atoms with E-state index < -0.39 is 11.9 Å². The molecule has 5 nitrogen and oxygen atoms in total. The highest BCUT2D eigenvalue weighted by Crippen LogP contribution is 2.27. The number of carboxylic acids is 1. The Bertz CT molecular complexity index is 774. The van der Waals surface area contributed by atoms with E-state index in [1.54, 1.807) is 4.90 Å². The van der Waals surface area contributed by atoms with Crippen molar-refractivity contribution in [1.29, 1.82) is 0 Å². The summed E-state index contributed by atoms with van der Waals surface area (Å²) in [5, 5.41) is 9.18.